The number of ether oxygens (including phenoxy) is 1. The monoisotopic (exact) mass is 325 g/mol. The van der Waals surface area contributed by atoms with Gasteiger partial charge in [-0.3, -0.25) is 4.79 Å². The van der Waals surface area contributed by atoms with Gasteiger partial charge >= 0.3 is 5.97 Å². The number of hydrogen-bond acceptors (Lipinski definition) is 7. The number of nitrogens with two attached hydrogens (primary N) is 1. The van der Waals surface area contributed by atoms with E-state index in [9.17, 15) is 9.59 Å². The van der Waals surface area contributed by atoms with Crippen molar-refractivity contribution in [3.63, 3.8) is 0 Å². The fourth-order valence-corrected chi connectivity index (χ4v) is 3.43. The highest BCUT2D eigenvalue weighted by Gasteiger charge is 2.21. The number of aromatic nitrogens is 1. The molecule has 0 spiro atoms. The van der Waals surface area contributed by atoms with Crippen LogP contribution in [0.15, 0.2) is 5.38 Å². The van der Waals surface area contributed by atoms with Crippen LogP contribution >= 0.6 is 22.7 Å². The van der Waals surface area contributed by atoms with Crippen LogP contribution in [0.1, 0.15) is 26.5 Å². The number of anilines is 2. The minimum absolute atomic E-state index is 0.115. The fraction of sp³-hybridized carbons (Fsp3) is 0.308. The molecule has 2 aromatic rings. The van der Waals surface area contributed by atoms with Crippen molar-refractivity contribution >= 4 is 44.7 Å². The molecule has 8 heteroatoms. The lowest BCUT2D eigenvalue weighted by Gasteiger charge is -2.05. The number of esters is 1. The highest BCUT2D eigenvalue weighted by Crippen LogP contribution is 2.33. The highest BCUT2D eigenvalue weighted by atomic mass is 32.1. The van der Waals surface area contributed by atoms with Gasteiger partial charge in [-0.25, -0.2) is 9.78 Å². The van der Waals surface area contributed by atoms with Gasteiger partial charge in [-0.2, -0.15) is 0 Å². The van der Waals surface area contributed by atoms with Crippen molar-refractivity contribution in [1.29, 1.82) is 0 Å². The first-order valence-electron chi connectivity index (χ1n) is 6.10. The van der Waals surface area contributed by atoms with Crippen molar-refractivity contribution in [2.45, 2.75) is 20.3 Å². The number of thiophene rings is 1. The summed E-state index contributed by atoms with van der Waals surface area (Å²) in [4.78, 5) is 28.9. The van der Waals surface area contributed by atoms with Crippen LogP contribution < -0.4 is 11.1 Å². The number of thiazole rings is 1. The van der Waals surface area contributed by atoms with E-state index in [1.54, 1.807) is 5.38 Å². The second-order valence-electron chi connectivity index (χ2n) is 4.38. The maximum atomic E-state index is 12.0. The van der Waals surface area contributed by atoms with E-state index in [4.69, 9.17) is 10.5 Å². The van der Waals surface area contributed by atoms with Crippen LogP contribution in [-0.4, -0.2) is 24.0 Å². The number of nitrogen functional groups attached to an aromatic ring is 1. The van der Waals surface area contributed by atoms with Gasteiger partial charge < -0.3 is 15.8 Å². The lowest BCUT2D eigenvalue weighted by Crippen LogP contribution is -2.16. The van der Waals surface area contributed by atoms with Crippen molar-refractivity contribution < 1.29 is 14.3 Å². The molecule has 0 saturated heterocycles. The summed E-state index contributed by atoms with van der Waals surface area (Å²) in [6.45, 7) is 3.72. The SMILES string of the molecule is COC(=O)c1c(NC(=O)Cc2csc(N)n2)sc(C)c1C. The Balaban J connectivity index is 2.17. The second kappa shape index (κ2) is 6.23. The zero-order valence-corrected chi connectivity index (χ0v) is 13.5. The van der Waals surface area contributed by atoms with Gasteiger partial charge in [0.05, 0.1) is 24.8 Å². The van der Waals surface area contributed by atoms with E-state index in [1.165, 1.54) is 29.8 Å². The summed E-state index contributed by atoms with van der Waals surface area (Å²) >= 11 is 2.64. The number of carbonyl (C=O) groups excluding carboxylic acids is 2. The molecular formula is C13H15N3O3S2. The van der Waals surface area contributed by atoms with Crippen LogP contribution in [0.3, 0.4) is 0 Å². The Labute approximate surface area is 130 Å². The summed E-state index contributed by atoms with van der Waals surface area (Å²) in [6.07, 6.45) is 0.115. The molecule has 2 heterocycles. The number of rotatable bonds is 4. The molecule has 0 fully saturated rings. The Kier molecular flexibility index (Phi) is 4.59. The Bertz CT molecular complexity index is 691. The van der Waals surface area contributed by atoms with Crippen molar-refractivity contribution in [2.24, 2.45) is 0 Å². The number of nitrogens with one attached hydrogen (secondary N) is 1. The number of hydrogen-bond donors (Lipinski definition) is 2. The maximum Gasteiger partial charge on any atom is 0.341 e. The summed E-state index contributed by atoms with van der Waals surface area (Å²) in [7, 11) is 1.32. The van der Waals surface area contributed by atoms with Gasteiger partial charge in [0.15, 0.2) is 5.13 Å². The first-order valence-corrected chi connectivity index (χ1v) is 7.80. The van der Waals surface area contributed by atoms with Gasteiger partial charge in [0.2, 0.25) is 5.91 Å². The van der Waals surface area contributed by atoms with Crippen molar-refractivity contribution in [2.75, 3.05) is 18.2 Å². The predicted molar refractivity (Wildman–Crippen MR) is 84.0 cm³/mol. The first-order chi connectivity index (χ1) is 9.92. The van der Waals surface area contributed by atoms with Gasteiger partial charge in [-0.15, -0.1) is 22.7 Å². The lowest BCUT2D eigenvalue weighted by atomic mass is 10.1. The van der Waals surface area contributed by atoms with Gasteiger partial charge in [-0.1, -0.05) is 0 Å². The van der Waals surface area contributed by atoms with E-state index in [0.717, 1.165) is 10.4 Å². The Hall–Kier alpha value is -1.93. The molecule has 2 rings (SSSR count). The van der Waals surface area contributed by atoms with Crippen LogP contribution in [0.25, 0.3) is 0 Å². The van der Waals surface area contributed by atoms with Crippen LogP contribution in [0.2, 0.25) is 0 Å². The van der Waals surface area contributed by atoms with E-state index in [2.05, 4.69) is 10.3 Å². The molecule has 0 aliphatic heterocycles. The minimum atomic E-state index is -0.454. The number of nitrogens with zero attached hydrogens (tertiary/aromatic N) is 1. The molecule has 0 aliphatic carbocycles. The molecule has 1 amide bonds. The van der Waals surface area contributed by atoms with Gasteiger partial charge in [-0.05, 0) is 19.4 Å². The Morgan fingerprint density at radius 3 is 2.71 bits per heavy atom. The molecule has 21 heavy (non-hydrogen) atoms. The third-order valence-corrected chi connectivity index (χ3v) is 4.78. The van der Waals surface area contributed by atoms with Crippen molar-refractivity contribution in [1.82, 2.24) is 4.98 Å². The van der Waals surface area contributed by atoms with E-state index >= 15 is 0 Å². The molecule has 2 aromatic heterocycles. The number of aryl methyl sites for hydroxylation is 1. The third kappa shape index (κ3) is 3.40. The zero-order chi connectivity index (χ0) is 15.6. The predicted octanol–water partition coefficient (Wildman–Crippen LogP) is 2.37. The number of methoxy groups -OCH3 is 1. The van der Waals surface area contributed by atoms with Crippen molar-refractivity contribution in [3.05, 3.63) is 27.1 Å². The van der Waals surface area contributed by atoms with Crippen LogP contribution in [0.4, 0.5) is 10.1 Å². The van der Waals surface area contributed by atoms with Crippen LogP contribution in [0, 0.1) is 13.8 Å². The molecule has 6 nitrogen and oxygen atoms in total. The first kappa shape index (κ1) is 15.5. The van der Waals surface area contributed by atoms with Crippen LogP contribution in [0.5, 0.6) is 0 Å². The quantitative estimate of drug-likeness (QED) is 0.842. The summed E-state index contributed by atoms with van der Waals surface area (Å²) in [5.41, 5.74) is 7.37. The van der Waals surface area contributed by atoms with Gasteiger partial charge in [0.1, 0.15) is 5.00 Å². The Morgan fingerprint density at radius 2 is 2.14 bits per heavy atom. The largest absolute Gasteiger partial charge is 0.465 e. The van der Waals surface area contributed by atoms with Gasteiger partial charge in [0, 0.05) is 10.3 Å². The lowest BCUT2D eigenvalue weighted by molar-refractivity contribution is -0.115. The van der Waals surface area contributed by atoms with Gasteiger partial charge in [0.25, 0.3) is 0 Å². The highest BCUT2D eigenvalue weighted by molar-refractivity contribution is 7.16. The van der Waals surface area contributed by atoms with E-state index < -0.39 is 5.97 Å². The average molecular weight is 325 g/mol. The summed E-state index contributed by atoms with van der Waals surface area (Å²) in [5.74, 6) is -0.697. The van der Waals surface area contributed by atoms with E-state index in [0.29, 0.717) is 21.4 Å². The van der Waals surface area contributed by atoms with E-state index in [1.807, 2.05) is 13.8 Å². The average Bonchev–Trinajstić information content (AvgIpc) is 2.94. The molecular weight excluding hydrogens is 310 g/mol. The minimum Gasteiger partial charge on any atom is -0.465 e. The third-order valence-electron chi connectivity index (χ3n) is 2.94. The summed E-state index contributed by atoms with van der Waals surface area (Å²) < 4.78 is 4.76. The topological polar surface area (TPSA) is 94.3 Å². The van der Waals surface area contributed by atoms with Crippen LogP contribution in [-0.2, 0) is 16.0 Å². The standard InChI is InChI=1S/C13H15N3O3S2/c1-6-7(2)21-11(10(6)12(18)19-3)16-9(17)4-8-5-20-13(14)15-8/h5H,4H2,1-3H3,(H2,14,15)(H,16,17). The molecule has 0 aliphatic rings. The molecule has 0 aromatic carbocycles. The maximum absolute atomic E-state index is 12.0. The number of carbonyl (C=O) groups is 2. The molecule has 0 saturated carbocycles. The normalized spacial score (nSPS) is 10.4. The molecule has 112 valence electrons. The number of amides is 1. The summed E-state index contributed by atoms with van der Waals surface area (Å²) in [5, 5.41) is 5.42. The molecule has 0 radical (unpaired) electrons. The molecule has 0 unspecified atom stereocenters. The Morgan fingerprint density at radius 1 is 1.43 bits per heavy atom. The zero-order valence-electron chi connectivity index (χ0n) is 11.9. The molecule has 3 N–H and O–H groups in total. The fourth-order valence-electron chi connectivity index (χ4n) is 1.80. The second-order valence-corrected chi connectivity index (χ2v) is 6.50. The smallest absolute Gasteiger partial charge is 0.341 e. The van der Waals surface area contributed by atoms with Crippen molar-refractivity contribution in [3.8, 4) is 0 Å². The molecule has 0 atom stereocenters. The summed E-state index contributed by atoms with van der Waals surface area (Å²) in [6, 6.07) is 0. The molecule has 0 bridgehead atoms. The van der Waals surface area contributed by atoms with E-state index in [-0.39, 0.29) is 12.3 Å².